The molecule has 0 aliphatic rings. The Morgan fingerprint density at radius 2 is 2.20 bits per heavy atom. The fraction of sp³-hybridized carbons (Fsp3) is 0.455. The van der Waals surface area contributed by atoms with Gasteiger partial charge < -0.3 is 15.6 Å². The highest BCUT2D eigenvalue weighted by Crippen LogP contribution is 2.30. The molecule has 0 saturated carbocycles. The highest BCUT2D eigenvalue weighted by molar-refractivity contribution is 6.32. The first-order valence-corrected chi connectivity index (χ1v) is 5.10. The molecule has 0 aliphatic heterocycles. The van der Waals surface area contributed by atoms with Crippen LogP contribution in [0.2, 0.25) is 5.02 Å². The summed E-state index contributed by atoms with van der Waals surface area (Å²) in [7, 11) is 1.56. The minimum Gasteiger partial charge on any atom is -0.495 e. The van der Waals surface area contributed by atoms with Crippen LogP contribution in [0.4, 0.5) is 0 Å². The zero-order chi connectivity index (χ0) is 11.5. The van der Waals surface area contributed by atoms with Gasteiger partial charge in [0.25, 0.3) is 0 Å². The molecule has 0 aromatic heterocycles. The van der Waals surface area contributed by atoms with E-state index in [1.54, 1.807) is 19.2 Å². The van der Waals surface area contributed by atoms with E-state index in [-0.39, 0.29) is 6.61 Å². The smallest absolute Gasteiger partial charge is 0.137 e. The Labute approximate surface area is 94.8 Å². The fourth-order valence-corrected chi connectivity index (χ4v) is 1.57. The van der Waals surface area contributed by atoms with Crippen LogP contribution in [-0.2, 0) is 5.41 Å². The topological polar surface area (TPSA) is 55.5 Å². The van der Waals surface area contributed by atoms with E-state index in [1.165, 1.54) is 0 Å². The van der Waals surface area contributed by atoms with Crippen molar-refractivity contribution in [1.82, 2.24) is 0 Å². The average Bonchev–Trinajstić information content (AvgIpc) is 2.28. The Bertz CT molecular complexity index is 337. The molecular weight excluding hydrogens is 214 g/mol. The second-order valence-electron chi connectivity index (χ2n) is 3.77. The van der Waals surface area contributed by atoms with Crippen LogP contribution in [0.5, 0.6) is 5.75 Å². The van der Waals surface area contributed by atoms with E-state index in [9.17, 15) is 5.11 Å². The zero-order valence-electron chi connectivity index (χ0n) is 8.96. The van der Waals surface area contributed by atoms with Gasteiger partial charge in [-0.3, -0.25) is 0 Å². The van der Waals surface area contributed by atoms with Crippen molar-refractivity contribution in [2.45, 2.75) is 12.3 Å². The van der Waals surface area contributed by atoms with Crippen molar-refractivity contribution in [1.29, 1.82) is 0 Å². The van der Waals surface area contributed by atoms with Crippen LogP contribution in [0, 0.1) is 0 Å². The number of hydrogen-bond acceptors (Lipinski definition) is 3. The van der Waals surface area contributed by atoms with Crippen molar-refractivity contribution < 1.29 is 9.84 Å². The van der Waals surface area contributed by atoms with Crippen molar-refractivity contribution in [3.05, 3.63) is 28.8 Å². The van der Waals surface area contributed by atoms with Crippen molar-refractivity contribution in [2.75, 3.05) is 20.3 Å². The number of aliphatic hydroxyl groups is 1. The summed E-state index contributed by atoms with van der Waals surface area (Å²) < 4.78 is 5.05. The Balaban J connectivity index is 3.11. The molecule has 0 spiro atoms. The molecule has 0 bridgehead atoms. The molecule has 0 amide bonds. The van der Waals surface area contributed by atoms with E-state index in [0.29, 0.717) is 17.3 Å². The highest BCUT2D eigenvalue weighted by Gasteiger charge is 2.24. The van der Waals surface area contributed by atoms with Crippen molar-refractivity contribution >= 4 is 11.6 Å². The number of hydrogen-bond donors (Lipinski definition) is 2. The molecule has 84 valence electrons. The molecule has 1 unspecified atom stereocenters. The summed E-state index contributed by atoms with van der Waals surface area (Å²) in [6.07, 6.45) is 0. The van der Waals surface area contributed by atoms with Gasteiger partial charge in [0.15, 0.2) is 0 Å². The van der Waals surface area contributed by atoms with E-state index < -0.39 is 5.41 Å². The molecule has 0 radical (unpaired) electrons. The van der Waals surface area contributed by atoms with E-state index in [0.717, 1.165) is 5.56 Å². The maximum atomic E-state index is 9.30. The Hall–Kier alpha value is -0.770. The van der Waals surface area contributed by atoms with E-state index in [2.05, 4.69) is 0 Å². The highest BCUT2D eigenvalue weighted by atomic mass is 35.5. The number of benzene rings is 1. The third-order valence-electron chi connectivity index (χ3n) is 2.65. The molecule has 3 N–H and O–H groups in total. The second kappa shape index (κ2) is 4.84. The Morgan fingerprint density at radius 1 is 1.53 bits per heavy atom. The van der Waals surface area contributed by atoms with Gasteiger partial charge in [-0.1, -0.05) is 24.6 Å². The molecule has 15 heavy (non-hydrogen) atoms. The summed E-state index contributed by atoms with van der Waals surface area (Å²) in [4.78, 5) is 0. The number of halogens is 1. The molecule has 1 aromatic rings. The summed E-state index contributed by atoms with van der Waals surface area (Å²) in [5.41, 5.74) is 6.10. The summed E-state index contributed by atoms with van der Waals surface area (Å²) in [5.74, 6) is 0.623. The normalized spacial score (nSPS) is 14.7. The maximum Gasteiger partial charge on any atom is 0.137 e. The lowest BCUT2D eigenvalue weighted by atomic mass is 9.83. The molecule has 0 saturated heterocycles. The standard InChI is InChI=1S/C11H16ClNO2/c1-11(6-13,7-14)8-3-4-10(15-2)9(12)5-8/h3-5,14H,6-7,13H2,1-2H3. The summed E-state index contributed by atoms with van der Waals surface area (Å²) in [6.45, 7) is 2.25. The van der Waals surface area contributed by atoms with Crippen LogP contribution in [0.15, 0.2) is 18.2 Å². The summed E-state index contributed by atoms with van der Waals surface area (Å²) in [5, 5.41) is 9.83. The maximum absolute atomic E-state index is 9.30. The summed E-state index contributed by atoms with van der Waals surface area (Å²) >= 11 is 6.00. The van der Waals surface area contributed by atoms with Crippen molar-refractivity contribution in [3.63, 3.8) is 0 Å². The quantitative estimate of drug-likeness (QED) is 0.824. The van der Waals surface area contributed by atoms with Crippen molar-refractivity contribution in [3.8, 4) is 5.75 Å². The molecule has 0 heterocycles. The molecule has 3 nitrogen and oxygen atoms in total. The van der Waals surface area contributed by atoms with Gasteiger partial charge in [-0.15, -0.1) is 0 Å². The monoisotopic (exact) mass is 229 g/mol. The van der Waals surface area contributed by atoms with Gasteiger partial charge in [-0.25, -0.2) is 0 Å². The number of ether oxygens (including phenoxy) is 1. The van der Waals surface area contributed by atoms with Crippen LogP contribution < -0.4 is 10.5 Å². The third-order valence-corrected chi connectivity index (χ3v) is 2.94. The molecular formula is C11H16ClNO2. The second-order valence-corrected chi connectivity index (χ2v) is 4.18. The number of rotatable bonds is 4. The lowest BCUT2D eigenvalue weighted by Crippen LogP contribution is -2.35. The van der Waals surface area contributed by atoms with Crippen LogP contribution >= 0.6 is 11.6 Å². The molecule has 1 aromatic carbocycles. The first kappa shape index (κ1) is 12.3. The molecule has 1 atom stereocenters. The van der Waals surface area contributed by atoms with Gasteiger partial charge in [0.2, 0.25) is 0 Å². The van der Waals surface area contributed by atoms with Crippen LogP contribution in [-0.4, -0.2) is 25.4 Å². The van der Waals surface area contributed by atoms with Crippen LogP contribution in [0.1, 0.15) is 12.5 Å². The van der Waals surface area contributed by atoms with Crippen LogP contribution in [0.25, 0.3) is 0 Å². The average molecular weight is 230 g/mol. The van der Waals surface area contributed by atoms with E-state index >= 15 is 0 Å². The molecule has 1 rings (SSSR count). The van der Waals surface area contributed by atoms with Crippen LogP contribution in [0.3, 0.4) is 0 Å². The third kappa shape index (κ3) is 2.43. The summed E-state index contributed by atoms with van der Waals surface area (Å²) in [6, 6.07) is 5.43. The first-order valence-electron chi connectivity index (χ1n) is 4.72. The van der Waals surface area contributed by atoms with Gasteiger partial charge in [0.1, 0.15) is 5.75 Å². The minimum absolute atomic E-state index is 0.00778. The Kier molecular flexibility index (Phi) is 3.97. The van der Waals surface area contributed by atoms with Gasteiger partial charge >= 0.3 is 0 Å². The SMILES string of the molecule is COc1ccc(C(C)(CN)CO)cc1Cl. The zero-order valence-corrected chi connectivity index (χ0v) is 9.71. The largest absolute Gasteiger partial charge is 0.495 e. The van der Waals surface area contributed by atoms with Crippen molar-refractivity contribution in [2.24, 2.45) is 5.73 Å². The van der Waals surface area contributed by atoms with Gasteiger partial charge in [0.05, 0.1) is 18.7 Å². The first-order chi connectivity index (χ1) is 7.07. The number of nitrogens with two attached hydrogens (primary N) is 1. The number of methoxy groups -OCH3 is 1. The fourth-order valence-electron chi connectivity index (χ4n) is 1.32. The number of aliphatic hydroxyl groups excluding tert-OH is 1. The molecule has 4 heteroatoms. The Morgan fingerprint density at radius 3 is 2.60 bits per heavy atom. The van der Waals surface area contributed by atoms with E-state index in [1.807, 2.05) is 13.0 Å². The predicted molar refractivity (Wildman–Crippen MR) is 61.5 cm³/mol. The van der Waals surface area contributed by atoms with Gasteiger partial charge in [-0.2, -0.15) is 0 Å². The van der Waals surface area contributed by atoms with Gasteiger partial charge in [-0.05, 0) is 17.7 Å². The lowest BCUT2D eigenvalue weighted by molar-refractivity contribution is 0.210. The predicted octanol–water partition coefficient (Wildman–Crippen LogP) is 1.56. The molecule has 0 fully saturated rings. The molecule has 0 aliphatic carbocycles. The lowest BCUT2D eigenvalue weighted by Gasteiger charge is -2.26. The van der Waals surface area contributed by atoms with E-state index in [4.69, 9.17) is 22.1 Å². The minimum atomic E-state index is -0.449. The van der Waals surface area contributed by atoms with Gasteiger partial charge in [0, 0.05) is 12.0 Å².